The number of nitrogens with zero attached hydrogens (tertiary/aromatic N) is 1. The number of carbonyl (C=O) groups is 1. The summed E-state index contributed by atoms with van der Waals surface area (Å²) in [5.41, 5.74) is 0.861. The van der Waals surface area contributed by atoms with Crippen molar-refractivity contribution in [1.29, 1.82) is 5.26 Å². The molecular weight excluding hydrogens is 334 g/mol. The SMILES string of the molecule is N#CC(=Cc1ccc(O)cc1)C(=O)Nc1ccc(SC(F)F)cc1. The highest BCUT2D eigenvalue weighted by atomic mass is 32.2. The Labute approximate surface area is 141 Å². The minimum Gasteiger partial charge on any atom is -0.508 e. The minimum atomic E-state index is -2.51. The lowest BCUT2D eigenvalue weighted by molar-refractivity contribution is -0.112. The molecule has 2 N–H and O–H groups in total. The average molecular weight is 346 g/mol. The third-order valence-electron chi connectivity index (χ3n) is 2.91. The quantitative estimate of drug-likeness (QED) is 0.482. The van der Waals surface area contributed by atoms with E-state index in [1.807, 2.05) is 0 Å². The molecule has 0 unspecified atom stereocenters. The Kier molecular flexibility index (Phi) is 5.93. The summed E-state index contributed by atoms with van der Waals surface area (Å²) in [7, 11) is 0. The van der Waals surface area contributed by atoms with E-state index in [0.717, 1.165) is 0 Å². The number of amides is 1. The van der Waals surface area contributed by atoms with Gasteiger partial charge in [-0.15, -0.1) is 0 Å². The predicted molar refractivity (Wildman–Crippen MR) is 88.6 cm³/mol. The Hall–Kier alpha value is -2.85. The number of alkyl halides is 2. The topological polar surface area (TPSA) is 73.1 Å². The zero-order valence-corrected chi connectivity index (χ0v) is 13.1. The molecule has 0 aliphatic heterocycles. The summed E-state index contributed by atoms with van der Waals surface area (Å²) in [4.78, 5) is 12.5. The van der Waals surface area contributed by atoms with Gasteiger partial charge < -0.3 is 10.4 Å². The third kappa shape index (κ3) is 5.11. The lowest BCUT2D eigenvalue weighted by Gasteiger charge is -2.06. The summed E-state index contributed by atoms with van der Waals surface area (Å²) >= 11 is 0.410. The lowest BCUT2D eigenvalue weighted by atomic mass is 10.1. The molecule has 2 aromatic carbocycles. The molecule has 7 heteroatoms. The molecule has 0 aliphatic rings. The Balaban J connectivity index is 2.09. The summed E-state index contributed by atoms with van der Waals surface area (Å²) in [6, 6.07) is 13.7. The smallest absolute Gasteiger partial charge is 0.288 e. The van der Waals surface area contributed by atoms with Crippen LogP contribution in [0.25, 0.3) is 6.08 Å². The summed E-state index contributed by atoms with van der Waals surface area (Å²) in [5.74, 6) is -3.04. The number of thioether (sulfide) groups is 1. The zero-order chi connectivity index (χ0) is 17.5. The molecule has 0 fully saturated rings. The maximum Gasteiger partial charge on any atom is 0.288 e. The van der Waals surface area contributed by atoms with Gasteiger partial charge in [0, 0.05) is 10.6 Å². The van der Waals surface area contributed by atoms with E-state index in [4.69, 9.17) is 5.26 Å². The van der Waals surface area contributed by atoms with Crippen molar-refractivity contribution in [3.05, 3.63) is 59.7 Å². The first-order valence-electron chi connectivity index (χ1n) is 6.75. The van der Waals surface area contributed by atoms with Gasteiger partial charge in [0.2, 0.25) is 0 Å². The van der Waals surface area contributed by atoms with Gasteiger partial charge in [-0.3, -0.25) is 4.79 Å². The number of nitrogens with one attached hydrogen (secondary N) is 1. The number of phenolic OH excluding ortho intramolecular Hbond substituents is 1. The first kappa shape index (κ1) is 17.5. The molecule has 1 amide bonds. The number of aromatic hydroxyl groups is 1. The van der Waals surface area contributed by atoms with Crippen molar-refractivity contribution < 1.29 is 18.7 Å². The fourth-order valence-corrected chi connectivity index (χ4v) is 2.30. The zero-order valence-electron chi connectivity index (χ0n) is 12.2. The number of hydrogen-bond donors (Lipinski definition) is 2. The number of halogens is 2. The van der Waals surface area contributed by atoms with Crippen LogP contribution in [0.1, 0.15) is 5.56 Å². The molecule has 0 aromatic heterocycles. The summed E-state index contributed by atoms with van der Waals surface area (Å²) in [5, 5.41) is 20.9. The Morgan fingerprint density at radius 3 is 2.33 bits per heavy atom. The van der Waals surface area contributed by atoms with Gasteiger partial charge in [-0.2, -0.15) is 14.0 Å². The van der Waals surface area contributed by atoms with Crippen LogP contribution in [0.5, 0.6) is 5.75 Å². The van der Waals surface area contributed by atoms with Crippen LogP contribution in [-0.4, -0.2) is 16.8 Å². The van der Waals surface area contributed by atoms with E-state index in [1.54, 1.807) is 18.2 Å². The maximum atomic E-state index is 12.2. The molecule has 122 valence electrons. The summed E-state index contributed by atoms with van der Waals surface area (Å²) in [6.07, 6.45) is 1.38. The first-order valence-corrected chi connectivity index (χ1v) is 7.63. The number of carbonyl (C=O) groups excluding carboxylic acids is 1. The molecule has 0 aliphatic carbocycles. The second-order valence-corrected chi connectivity index (χ2v) is 5.68. The molecule has 24 heavy (non-hydrogen) atoms. The van der Waals surface area contributed by atoms with Crippen LogP contribution in [-0.2, 0) is 4.79 Å². The van der Waals surface area contributed by atoms with Crippen molar-refractivity contribution in [2.45, 2.75) is 10.7 Å². The molecule has 0 saturated carbocycles. The molecule has 4 nitrogen and oxygen atoms in total. The highest BCUT2D eigenvalue weighted by Crippen LogP contribution is 2.26. The average Bonchev–Trinajstić information content (AvgIpc) is 2.55. The van der Waals surface area contributed by atoms with Crippen LogP contribution in [0.15, 0.2) is 59.0 Å². The van der Waals surface area contributed by atoms with Crippen LogP contribution < -0.4 is 5.32 Å². The van der Waals surface area contributed by atoms with E-state index >= 15 is 0 Å². The van der Waals surface area contributed by atoms with Gasteiger partial charge in [0.05, 0.1) is 0 Å². The van der Waals surface area contributed by atoms with Crippen LogP contribution in [0.2, 0.25) is 0 Å². The number of anilines is 1. The lowest BCUT2D eigenvalue weighted by Crippen LogP contribution is -2.13. The van der Waals surface area contributed by atoms with Crippen LogP contribution >= 0.6 is 11.8 Å². The van der Waals surface area contributed by atoms with Gasteiger partial charge in [0.25, 0.3) is 11.7 Å². The Morgan fingerprint density at radius 2 is 1.79 bits per heavy atom. The molecule has 0 spiro atoms. The van der Waals surface area contributed by atoms with Gasteiger partial charge in [-0.25, -0.2) is 0 Å². The fraction of sp³-hybridized carbons (Fsp3) is 0.0588. The van der Waals surface area contributed by atoms with E-state index in [-0.39, 0.29) is 11.3 Å². The standard InChI is InChI=1S/C17H12F2N2O2S/c18-17(19)24-15-7-3-13(4-8-15)21-16(23)12(10-20)9-11-1-5-14(22)6-2-11/h1-9,17,22H,(H,21,23). The second-order valence-electron chi connectivity index (χ2n) is 4.62. The Morgan fingerprint density at radius 1 is 1.17 bits per heavy atom. The molecule has 0 bridgehead atoms. The molecule has 0 radical (unpaired) electrons. The Bertz CT molecular complexity index is 782. The largest absolute Gasteiger partial charge is 0.508 e. The molecule has 2 aromatic rings. The van der Waals surface area contributed by atoms with Crippen molar-refractivity contribution in [2.75, 3.05) is 5.32 Å². The molecular formula is C17H12F2N2O2S. The summed E-state index contributed by atoms with van der Waals surface area (Å²) < 4.78 is 24.5. The van der Waals surface area contributed by atoms with Gasteiger partial charge in [0.1, 0.15) is 17.4 Å². The van der Waals surface area contributed by atoms with Crippen molar-refractivity contribution in [3.8, 4) is 11.8 Å². The van der Waals surface area contributed by atoms with Crippen molar-refractivity contribution in [2.24, 2.45) is 0 Å². The first-order chi connectivity index (χ1) is 11.5. The van der Waals surface area contributed by atoms with Crippen molar-refractivity contribution >= 4 is 29.4 Å². The van der Waals surface area contributed by atoms with E-state index in [0.29, 0.717) is 27.9 Å². The van der Waals surface area contributed by atoms with Gasteiger partial charge in [0.15, 0.2) is 0 Å². The molecule has 0 atom stereocenters. The number of nitriles is 1. The predicted octanol–water partition coefficient (Wildman–Crippen LogP) is 4.25. The highest BCUT2D eigenvalue weighted by molar-refractivity contribution is 7.99. The number of rotatable bonds is 5. The van der Waals surface area contributed by atoms with Crippen LogP contribution in [0.3, 0.4) is 0 Å². The summed E-state index contributed by atoms with van der Waals surface area (Å²) in [6.45, 7) is 0. The third-order valence-corrected chi connectivity index (χ3v) is 3.63. The maximum absolute atomic E-state index is 12.2. The number of phenols is 1. The van der Waals surface area contributed by atoms with Crippen molar-refractivity contribution in [1.82, 2.24) is 0 Å². The van der Waals surface area contributed by atoms with E-state index in [2.05, 4.69) is 5.32 Å². The minimum absolute atomic E-state index is 0.0804. The van der Waals surface area contributed by atoms with Crippen LogP contribution in [0.4, 0.5) is 14.5 Å². The molecule has 2 rings (SSSR count). The van der Waals surface area contributed by atoms with E-state index < -0.39 is 11.7 Å². The number of benzene rings is 2. The molecule has 0 saturated heterocycles. The fourth-order valence-electron chi connectivity index (χ4n) is 1.80. The van der Waals surface area contributed by atoms with Gasteiger partial charge in [-0.05, 0) is 48.0 Å². The van der Waals surface area contributed by atoms with Crippen LogP contribution in [0, 0.1) is 11.3 Å². The van der Waals surface area contributed by atoms with E-state index in [1.165, 1.54) is 42.5 Å². The number of hydrogen-bond acceptors (Lipinski definition) is 4. The normalized spacial score (nSPS) is 11.2. The second kappa shape index (κ2) is 8.13. The van der Waals surface area contributed by atoms with E-state index in [9.17, 15) is 18.7 Å². The van der Waals surface area contributed by atoms with Gasteiger partial charge in [-0.1, -0.05) is 23.9 Å². The monoisotopic (exact) mass is 346 g/mol. The van der Waals surface area contributed by atoms with Gasteiger partial charge >= 0.3 is 0 Å². The highest BCUT2D eigenvalue weighted by Gasteiger charge is 2.10. The molecule has 0 heterocycles. The van der Waals surface area contributed by atoms with Crippen molar-refractivity contribution in [3.63, 3.8) is 0 Å².